The molecule has 15 nitrogen and oxygen atoms in total. The second kappa shape index (κ2) is 15.8. The van der Waals surface area contributed by atoms with Crippen LogP contribution >= 0.6 is 34.8 Å². The van der Waals surface area contributed by atoms with Gasteiger partial charge < -0.3 is 43.2 Å². The molecular weight excluding hydrogens is 633 g/mol. The molecule has 0 aliphatic carbocycles. The first-order valence-electron chi connectivity index (χ1n) is 12.6. The molecule has 1 rings (SSSR count). The predicted octanol–water partition coefficient (Wildman–Crippen LogP) is 1.89. The molecular formula is C24H34Cl3NO14. The highest BCUT2D eigenvalue weighted by molar-refractivity contribution is 6.67. The smallest absolute Gasteiger partial charge is 0.407 e. The first-order valence-corrected chi connectivity index (χ1v) is 13.7. The Morgan fingerprint density at radius 3 is 1.88 bits per heavy atom. The molecule has 240 valence electrons. The molecule has 0 spiro atoms. The van der Waals surface area contributed by atoms with Gasteiger partial charge in [0, 0.05) is 20.8 Å². The van der Waals surface area contributed by atoms with Crippen LogP contribution in [-0.4, -0.2) is 102 Å². The average molecular weight is 667 g/mol. The fourth-order valence-electron chi connectivity index (χ4n) is 4.02. The van der Waals surface area contributed by atoms with Gasteiger partial charge in [-0.05, 0) is 27.7 Å². The van der Waals surface area contributed by atoms with Crippen LogP contribution in [0.3, 0.4) is 0 Å². The summed E-state index contributed by atoms with van der Waals surface area (Å²) in [5.41, 5.74) is -2.96. The molecule has 0 aromatic carbocycles. The zero-order chi connectivity index (χ0) is 32.5. The summed E-state index contributed by atoms with van der Waals surface area (Å²) in [5.74, 6) is -8.67. The minimum atomic E-state index is -2.96. The molecule has 1 saturated heterocycles. The lowest BCUT2D eigenvalue weighted by Gasteiger charge is -2.54. The van der Waals surface area contributed by atoms with Crippen molar-refractivity contribution in [2.24, 2.45) is 0 Å². The van der Waals surface area contributed by atoms with E-state index in [-0.39, 0.29) is 13.2 Å². The van der Waals surface area contributed by atoms with Crippen LogP contribution in [0.5, 0.6) is 0 Å². The Labute approximate surface area is 256 Å². The maximum Gasteiger partial charge on any atom is 0.407 e. The Kier molecular flexibility index (Phi) is 14.0. The largest absolute Gasteiger partial charge is 0.463 e. The first-order chi connectivity index (χ1) is 19.4. The van der Waals surface area contributed by atoms with Gasteiger partial charge in [0.25, 0.3) is 11.4 Å². The number of hydrogen-bond acceptors (Lipinski definition) is 14. The number of ether oxygens (including phenoxy) is 8. The van der Waals surface area contributed by atoms with Crippen molar-refractivity contribution in [3.63, 3.8) is 0 Å². The van der Waals surface area contributed by atoms with Crippen LogP contribution < -0.4 is 5.32 Å². The number of alkyl carbamates (subject to hydrolysis) is 1. The summed E-state index contributed by atoms with van der Waals surface area (Å²) in [4.78, 5) is 77.3. The van der Waals surface area contributed by atoms with Crippen LogP contribution in [0, 0.1) is 0 Å². The fourth-order valence-corrected chi connectivity index (χ4v) is 4.18. The van der Waals surface area contributed by atoms with Crippen LogP contribution in [0.15, 0.2) is 0 Å². The Morgan fingerprint density at radius 2 is 1.43 bits per heavy atom. The van der Waals surface area contributed by atoms with E-state index in [4.69, 9.17) is 72.7 Å². The second-order valence-corrected chi connectivity index (χ2v) is 11.4. The van der Waals surface area contributed by atoms with E-state index in [0.717, 1.165) is 20.8 Å². The van der Waals surface area contributed by atoms with Gasteiger partial charge in [0.15, 0.2) is 12.1 Å². The maximum absolute atomic E-state index is 13.9. The molecule has 42 heavy (non-hydrogen) atoms. The summed E-state index contributed by atoms with van der Waals surface area (Å²) >= 11 is 17.0. The molecule has 1 N–H and O–H groups in total. The topological polar surface area (TPSA) is 188 Å². The second-order valence-electron chi connectivity index (χ2n) is 8.92. The van der Waals surface area contributed by atoms with Crippen LogP contribution in [0.4, 0.5) is 4.79 Å². The number of carbonyl (C=O) groups excluding carboxylic acids is 6. The highest BCUT2D eigenvalue weighted by atomic mass is 35.6. The van der Waals surface area contributed by atoms with Crippen LogP contribution in [0.25, 0.3) is 0 Å². The average Bonchev–Trinajstić information content (AvgIpc) is 2.84. The summed E-state index contributed by atoms with van der Waals surface area (Å²) in [5, 5.41) is 2.19. The van der Waals surface area contributed by atoms with E-state index in [1.807, 2.05) is 0 Å². The van der Waals surface area contributed by atoms with E-state index in [9.17, 15) is 28.8 Å². The lowest BCUT2D eigenvalue weighted by Crippen LogP contribution is -2.83. The summed E-state index contributed by atoms with van der Waals surface area (Å²) in [7, 11) is 0. The third kappa shape index (κ3) is 9.73. The van der Waals surface area contributed by atoms with Crippen molar-refractivity contribution in [1.29, 1.82) is 0 Å². The predicted molar refractivity (Wildman–Crippen MR) is 142 cm³/mol. The quantitative estimate of drug-likeness (QED) is 0.181. The third-order valence-electron chi connectivity index (χ3n) is 5.15. The number of rotatable bonds is 12. The number of hydrogen-bond donors (Lipinski definition) is 1. The molecule has 1 aliphatic rings. The molecule has 0 aromatic heterocycles. The Hall–Kier alpha value is -2.59. The van der Waals surface area contributed by atoms with Crippen LogP contribution in [-0.2, 0) is 61.9 Å². The molecule has 0 aromatic rings. The maximum atomic E-state index is 13.9. The molecule has 1 fully saturated rings. The van der Waals surface area contributed by atoms with Gasteiger partial charge in [-0.15, -0.1) is 0 Å². The summed E-state index contributed by atoms with van der Waals surface area (Å²) in [6, 6.07) is -2.27. The molecule has 1 aliphatic heterocycles. The highest BCUT2D eigenvalue weighted by Crippen LogP contribution is 2.44. The first kappa shape index (κ1) is 37.4. The summed E-state index contributed by atoms with van der Waals surface area (Å²) in [6.45, 7) is 6.43. The Balaban J connectivity index is 4.22. The SMILES string of the molecule is CCOC(=O)[C@]1(OC(C)C)O[C@H](COC(C)=O)[C@@H](OC(C)=O)[C@@](OC(C)=O)(C(=O)OCC)[C@H]1NC(=O)OCC(Cl)(Cl)Cl. The van der Waals surface area contributed by atoms with Crippen LogP contribution in [0.2, 0.25) is 0 Å². The lowest BCUT2D eigenvalue weighted by molar-refractivity contribution is -0.352. The normalized spacial score (nSPS) is 25.5. The van der Waals surface area contributed by atoms with Gasteiger partial charge in [0.05, 0.1) is 19.3 Å². The summed E-state index contributed by atoms with van der Waals surface area (Å²) < 4.78 is 41.1. The molecule has 1 heterocycles. The molecule has 5 atom stereocenters. The van der Waals surface area contributed by atoms with Gasteiger partial charge in [-0.2, -0.15) is 0 Å². The molecule has 0 unspecified atom stereocenters. The van der Waals surface area contributed by atoms with Crippen molar-refractivity contribution in [3.8, 4) is 0 Å². The van der Waals surface area contributed by atoms with Crippen molar-refractivity contribution < 1.29 is 66.7 Å². The van der Waals surface area contributed by atoms with E-state index >= 15 is 0 Å². The molecule has 1 amide bonds. The van der Waals surface area contributed by atoms with Crippen molar-refractivity contribution >= 4 is 70.7 Å². The standard InChI is InChI=1S/C24H34Cl3NO14/c1-8-35-19(32)23(41-15(7)31)17(39-14(6)30)16(10-37-13(5)29)42-24(40-12(3)4,20(33)36-9-2)18(23)28-21(34)38-11-22(25,26)27/h12,16-18H,8-11H2,1-7H3,(H,28,34)/t16-,17-,18-,23+,24-/m1/s1. The fraction of sp³-hybridized carbons (Fsp3) is 0.750. The van der Waals surface area contributed by atoms with Crippen LogP contribution in [0.1, 0.15) is 48.5 Å². The number of esters is 5. The van der Waals surface area contributed by atoms with Crippen molar-refractivity contribution in [2.45, 2.75) is 88.0 Å². The zero-order valence-corrected chi connectivity index (χ0v) is 26.3. The van der Waals surface area contributed by atoms with Gasteiger partial charge in [-0.1, -0.05) is 34.8 Å². The minimum absolute atomic E-state index is 0.266. The zero-order valence-electron chi connectivity index (χ0n) is 24.0. The van der Waals surface area contributed by atoms with Gasteiger partial charge in [0.2, 0.25) is 3.79 Å². The van der Waals surface area contributed by atoms with Gasteiger partial charge in [0.1, 0.15) is 19.3 Å². The minimum Gasteiger partial charge on any atom is -0.463 e. The van der Waals surface area contributed by atoms with E-state index in [1.54, 1.807) is 0 Å². The summed E-state index contributed by atoms with van der Waals surface area (Å²) in [6.07, 6.45) is -6.15. The number of amides is 1. The third-order valence-corrected chi connectivity index (χ3v) is 5.47. The monoisotopic (exact) mass is 665 g/mol. The number of nitrogens with one attached hydrogen (secondary N) is 1. The Bertz CT molecular complexity index is 1020. The van der Waals surface area contributed by atoms with Gasteiger partial charge in [-0.25, -0.2) is 14.4 Å². The van der Waals surface area contributed by atoms with Gasteiger partial charge >= 0.3 is 35.9 Å². The number of alkyl halides is 3. The van der Waals surface area contributed by atoms with E-state index in [1.165, 1.54) is 27.7 Å². The molecule has 0 bridgehead atoms. The highest BCUT2D eigenvalue weighted by Gasteiger charge is 2.76. The Morgan fingerprint density at radius 1 is 0.857 bits per heavy atom. The van der Waals surface area contributed by atoms with Crippen molar-refractivity contribution in [3.05, 3.63) is 0 Å². The molecule has 0 radical (unpaired) electrons. The van der Waals surface area contributed by atoms with E-state index < -0.39 is 88.7 Å². The van der Waals surface area contributed by atoms with E-state index in [2.05, 4.69) is 5.32 Å². The number of halogens is 3. The molecule has 0 saturated carbocycles. The molecule has 18 heteroatoms. The van der Waals surface area contributed by atoms with Gasteiger partial charge in [-0.3, -0.25) is 14.4 Å². The van der Waals surface area contributed by atoms with Crippen molar-refractivity contribution in [2.75, 3.05) is 26.4 Å². The number of carbonyl (C=O) groups is 6. The van der Waals surface area contributed by atoms with Crippen molar-refractivity contribution in [1.82, 2.24) is 5.32 Å². The lowest BCUT2D eigenvalue weighted by atomic mass is 9.76. The van der Waals surface area contributed by atoms with E-state index in [0.29, 0.717) is 0 Å².